The van der Waals surface area contributed by atoms with Crippen LogP contribution in [0.25, 0.3) is 11.4 Å². The summed E-state index contributed by atoms with van der Waals surface area (Å²) >= 11 is 0. The maximum absolute atomic E-state index is 12.7. The molecular weight excluding hydrogens is 340 g/mol. The predicted molar refractivity (Wildman–Crippen MR) is 107 cm³/mol. The summed E-state index contributed by atoms with van der Waals surface area (Å²) in [6.07, 6.45) is 4.30. The second kappa shape index (κ2) is 8.21. The zero-order valence-electron chi connectivity index (χ0n) is 16.8. The molecule has 1 aliphatic rings. The minimum atomic E-state index is -0.177. The molecule has 0 radical (unpaired) electrons. The third-order valence-electron chi connectivity index (χ3n) is 4.91. The van der Waals surface area contributed by atoms with E-state index < -0.39 is 0 Å². The molecule has 2 heterocycles. The van der Waals surface area contributed by atoms with Gasteiger partial charge in [-0.05, 0) is 56.6 Å². The maximum Gasteiger partial charge on any atom is 0.241 e. The second-order valence-corrected chi connectivity index (χ2v) is 8.29. The van der Waals surface area contributed by atoms with E-state index in [1.165, 1.54) is 6.42 Å². The van der Waals surface area contributed by atoms with E-state index in [0.29, 0.717) is 11.7 Å². The molecule has 27 heavy (non-hydrogen) atoms. The van der Waals surface area contributed by atoms with Gasteiger partial charge in [-0.3, -0.25) is 9.69 Å². The first-order valence-electron chi connectivity index (χ1n) is 9.88. The highest BCUT2D eigenvalue weighted by Crippen LogP contribution is 2.25. The molecule has 0 saturated carbocycles. The first-order chi connectivity index (χ1) is 12.9. The van der Waals surface area contributed by atoms with Gasteiger partial charge in [-0.15, -0.1) is 0 Å². The molecule has 1 unspecified atom stereocenters. The lowest BCUT2D eigenvalue weighted by Crippen LogP contribution is -2.47. The summed E-state index contributed by atoms with van der Waals surface area (Å²) in [5, 5.41) is 7.13. The van der Waals surface area contributed by atoms with E-state index in [1.54, 1.807) is 0 Å². The Labute approximate surface area is 161 Å². The standard InChI is InChI=1S/C21H30N4O2/c1-5-13-25-14-7-6-8-17(25)19(26)22-16-11-9-15(10-12-16)18-23-20(27-24-18)21(2,3)4/h9-12,17H,5-8,13-14H2,1-4H3,(H,22,26). The van der Waals surface area contributed by atoms with Crippen LogP contribution in [0.2, 0.25) is 0 Å². The van der Waals surface area contributed by atoms with Gasteiger partial charge in [0.15, 0.2) is 0 Å². The van der Waals surface area contributed by atoms with Crippen molar-refractivity contribution in [3.8, 4) is 11.4 Å². The van der Waals surface area contributed by atoms with E-state index in [1.807, 2.05) is 45.0 Å². The van der Waals surface area contributed by atoms with Crippen molar-refractivity contribution in [2.24, 2.45) is 0 Å². The zero-order valence-corrected chi connectivity index (χ0v) is 16.8. The smallest absolute Gasteiger partial charge is 0.241 e. The first-order valence-corrected chi connectivity index (χ1v) is 9.88. The summed E-state index contributed by atoms with van der Waals surface area (Å²) in [5.74, 6) is 1.27. The van der Waals surface area contributed by atoms with Crippen LogP contribution >= 0.6 is 0 Å². The molecule has 2 aromatic rings. The Bertz CT molecular complexity index is 759. The number of likely N-dealkylation sites (tertiary alicyclic amines) is 1. The second-order valence-electron chi connectivity index (χ2n) is 8.29. The van der Waals surface area contributed by atoms with Crippen molar-refractivity contribution in [1.29, 1.82) is 0 Å². The van der Waals surface area contributed by atoms with Gasteiger partial charge < -0.3 is 9.84 Å². The van der Waals surface area contributed by atoms with E-state index in [4.69, 9.17) is 4.52 Å². The molecule has 1 amide bonds. The average molecular weight is 370 g/mol. The van der Waals surface area contributed by atoms with Crippen LogP contribution < -0.4 is 5.32 Å². The van der Waals surface area contributed by atoms with Crippen molar-refractivity contribution in [2.45, 2.75) is 64.8 Å². The highest BCUT2D eigenvalue weighted by atomic mass is 16.5. The van der Waals surface area contributed by atoms with Crippen LogP contribution in [-0.2, 0) is 10.2 Å². The van der Waals surface area contributed by atoms with Crippen LogP contribution in [-0.4, -0.2) is 40.1 Å². The number of benzene rings is 1. The SMILES string of the molecule is CCCN1CCCCC1C(=O)Nc1ccc(-c2noc(C(C)(C)C)n2)cc1. The number of amides is 1. The fourth-order valence-corrected chi connectivity index (χ4v) is 3.42. The van der Waals surface area contributed by atoms with Gasteiger partial charge in [-0.1, -0.05) is 39.3 Å². The van der Waals surface area contributed by atoms with Gasteiger partial charge in [-0.2, -0.15) is 4.98 Å². The van der Waals surface area contributed by atoms with Gasteiger partial charge in [0.1, 0.15) is 0 Å². The van der Waals surface area contributed by atoms with Crippen molar-refractivity contribution < 1.29 is 9.32 Å². The van der Waals surface area contributed by atoms with E-state index in [-0.39, 0.29) is 17.4 Å². The Morgan fingerprint density at radius 3 is 2.63 bits per heavy atom. The van der Waals surface area contributed by atoms with Crippen LogP contribution in [0.3, 0.4) is 0 Å². The van der Waals surface area contributed by atoms with Crippen LogP contribution in [0.5, 0.6) is 0 Å². The number of hydrogen-bond donors (Lipinski definition) is 1. The number of anilines is 1. The fourth-order valence-electron chi connectivity index (χ4n) is 3.42. The quantitative estimate of drug-likeness (QED) is 0.852. The summed E-state index contributed by atoms with van der Waals surface area (Å²) in [7, 11) is 0. The molecule has 1 saturated heterocycles. The van der Waals surface area contributed by atoms with E-state index >= 15 is 0 Å². The average Bonchev–Trinajstić information content (AvgIpc) is 3.14. The minimum absolute atomic E-state index is 0.0232. The molecule has 0 spiro atoms. The number of nitrogens with zero attached hydrogens (tertiary/aromatic N) is 3. The number of rotatable bonds is 5. The molecule has 1 fully saturated rings. The summed E-state index contributed by atoms with van der Waals surface area (Å²) in [6.45, 7) is 10.3. The summed E-state index contributed by atoms with van der Waals surface area (Å²) in [5.41, 5.74) is 1.49. The van der Waals surface area contributed by atoms with Gasteiger partial charge in [0.25, 0.3) is 0 Å². The Morgan fingerprint density at radius 1 is 1.26 bits per heavy atom. The molecule has 6 nitrogen and oxygen atoms in total. The van der Waals surface area contributed by atoms with Crippen molar-refractivity contribution >= 4 is 11.6 Å². The maximum atomic E-state index is 12.7. The minimum Gasteiger partial charge on any atom is -0.338 e. The third kappa shape index (κ3) is 4.75. The Morgan fingerprint density at radius 2 is 2.00 bits per heavy atom. The Kier molecular flexibility index (Phi) is 5.95. The summed E-state index contributed by atoms with van der Waals surface area (Å²) in [6, 6.07) is 7.60. The Hall–Kier alpha value is -2.21. The van der Waals surface area contributed by atoms with Crippen molar-refractivity contribution in [2.75, 3.05) is 18.4 Å². The van der Waals surface area contributed by atoms with Gasteiger partial charge in [0.05, 0.1) is 6.04 Å². The zero-order chi connectivity index (χ0) is 19.4. The van der Waals surface area contributed by atoms with Crippen LogP contribution in [0.4, 0.5) is 5.69 Å². The lowest BCUT2D eigenvalue weighted by atomic mass is 9.97. The van der Waals surface area contributed by atoms with Crippen molar-refractivity contribution in [3.05, 3.63) is 30.2 Å². The third-order valence-corrected chi connectivity index (χ3v) is 4.91. The van der Waals surface area contributed by atoms with Crippen LogP contribution in [0.1, 0.15) is 59.3 Å². The molecule has 1 atom stereocenters. The monoisotopic (exact) mass is 370 g/mol. The van der Waals surface area contributed by atoms with E-state index in [0.717, 1.165) is 43.6 Å². The molecule has 0 aliphatic carbocycles. The summed E-state index contributed by atoms with van der Waals surface area (Å²) in [4.78, 5) is 19.5. The lowest BCUT2D eigenvalue weighted by molar-refractivity contribution is -0.122. The van der Waals surface area contributed by atoms with E-state index in [9.17, 15) is 4.79 Å². The number of aromatic nitrogens is 2. The molecule has 6 heteroatoms. The van der Waals surface area contributed by atoms with Gasteiger partial charge >= 0.3 is 0 Å². The van der Waals surface area contributed by atoms with Crippen LogP contribution in [0.15, 0.2) is 28.8 Å². The molecule has 1 N–H and O–H groups in total. The molecular formula is C21H30N4O2. The number of hydrogen-bond acceptors (Lipinski definition) is 5. The van der Waals surface area contributed by atoms with Crippen molar-refractivity contribution in [1.82, 2.24) is 15.0 Å². The van der Waals surface area contributed by atoms with Crippen molar-refractivity contribution in [3.63, 3.8) is 0 Å². The van der Waals surface area contributed by atoms with Crippen LogP contribution in [0, 0.1) is 0 Å². The lowest BCUT2D eigenvalue weighted by Gasteiger charge is -2.34. The van der Waals surface area contributed by atoms with Gasteiger partial charge in [0.2, 0.25) is 17.6 Å². The van der Waals surface area contributed by atoms with E-state index in [2.05, 4.69) is 27.3 Å². The molecule has 3 rings (SSSR count). The first kappa shape index (κ1) is 19.5. The highest BCUT2D eigenvalue weighted by molar-refractivity contribution is 5.95. The predicted octanol–water partition coefficient (Wildman–Crippen LogP) is 4.24. The Balaban J connectivity index is 1.66. The molecule has 0 bridgehead atoms. The number of piperidine rings is 1. The molecule has 146 valence electrons. The summed E-state index contributed by atoms with van der Waals surface area (Å²) < 4.78 is 5.36. The molecule has 1 aromatic carbocycles. The topological polar surface area (TPSA) is 71.3 Å². The normalized spacial score (nSPS) is 18.4. The van der Waals surface area contributed by atoms with Gasteiger partial charge in [0, 0.05) is 16.7 Å². The fraction of sp³-hybridized carbons (Fsp3) is 0.571. The number of nitrogens with one attached hydrogen (secondary N) is 1. The molecule has 1 aliphatic heterocycles. The number of carbonyl (C=O) groups excluding carboxylic acids is 1. The highest BCUT2D eigenvalue weighted by Gasteiger charge is 2.28. The number of carbonyl (C=O) groups is 1. The largest absolute Gasteiger partial charge is 0.338 e. The molecule has 1 aromatic heterocycles. The van der Waals surface area contributed by atoms with Gasteiger partial charge in [-0.25, -0.2) is 0 Å².